The molecule has 8 heteroatoms. The Hall–Kier alpha value is -1.93. The zero-order valence-corrected chi connectivity index (χ0v) is 18.0. The second-order valence-corrected chi connectivity index (χ2v) is 13.3. The third kappa shape index (κ3) is 3.86. The third-order valence-electron chi connectivity index (χ3n) is 6.12. The minimum Gasteiger partial charge on any atom is -0.416 e. The van der Waals surface area contributed by atoms with Crippen LogP contribution in [0.2, 0.25) is 18.1 Å². The molecule has 0 aliphatic heterocycles. The Balaban J connectivity index is 1.68. The summed E-state index contributed by atoms with van der Waals surface area (Å²) in [5.41, 5.74) is 6.26. The number of nitrogen functional groups attached to an aromatic ring is 1. The first-order chi connectivity index (χ1) is 12.6. The number of allylic oxidation sites excluding steroid dienone is 1. The van der Waals surface area contributed by atoms with E-state index in [9.17, 15) is 4.79 Å². The van der Waals surface area contributed by atoms with Gasteiger partial charge in [0.15, 0.2) is 19.5 Å². The van der Waals surface area contributed by atoms with Gasteiger partial charge in [0.25, 0.3) is 5.56 Å². The zero-order chi connectivity index (χ0) is 19.8. The number of nitrogens with two attached hydrogens (primary N) is 1. The van der Waals surface area contributed by atoms with E-state index >= 15 is 0 Å². The Morgan fingerprint density at radius 2 is 2.15 bits per heavy atom. The van der Waals surface area contributed by atoms with Crippen molar-refractivity contribution in [3.63, 3.8) is 0 Å². The smallest absolute Gasteiger partial charge is 0.280 e. The van der Waals surface area contributed by atoms with Gasteiger partial charge in [0, 0.05) is 12.5 Å². The summed E-state index contributed by atoms with van der Waals surface area (Å²) in [5, 5.41) is 0.256. The molecule has 2 heterocycles. The van der Waals surface area contributed by atoms with Crippen molar-refractivity contribution in [1.29, 1.82) is 0 Å². The number of H-pyrrole nitrogens is 1. The summed E-state index contributed by atoms with van der Waals surface area (Å²) >= 11 is 0. The largest absolute Gasteiger partial charge is 0.416 e. The predicted molar refractivity (Wildman–Crippen MR) is 111 cm³/mol. The molecule has 148 valence electrons. The van der Waals surface area contributed by atoms with Gasteiger partial charge in [-0.1, -0.05) is 39.3 Å². The summed E-state index contributed by atoms with van der Waals surface area (Å²) < 4.78 is 8.43. The van der Waals surface area contributed by atoms with E-state index < -0.39 is 8.32 Å². The average molecular weight is 390 g/mol. The van der Waals surface area contributed by atoms with Crippen molar-refractivity contribution in [2.24, 2.45) is 5.92 Å². The molecule has 2 aromatic rings. The van der Waals surface area contributed by atoms with Crippen molar-refractivity contribution < 1.29 is 4.43 Å². The van der Waals surface area contributed by atoms with Crippen LogP contribution < -0.4 is 11.3 Å². The summed E-state index contributed by atoms with van der Waals surface area (Å²) in [7, 11) is -1.79. The van der Waals surface area contributed by atoms with Crippen LogP contribution in [0.5, 0.6) is 0 Å². The van der Waals surface area contributed by atoms with Crippen molar-refractivity contribution in [1.82, 2.24) is 19.5 Å². The number of hydrogen-bond donors (Lipinski definition) is 2. The minimum absolute atomic E-state index is 0.113. The lowest BCUT2D eigenvalue weighted by molar-refractivity contribution is 0.239. The maximum atomic E-state index is 12.0. The number of fused-ring (bicyclic) bond motifs is 1. The molecule has 1 aliphatic rings. The number of aromatic amines is 1. The van der Waals surface area contributed by atoms with Gasteiger partial charge in [0.1, 0.15) is 0 Å². The zero-order valence-electron chi connectivity index (χ0n) is 17.0. The van der Waals surface area contributed by atoms with Gasteiger partial charge < -0.3 is 14.7 Å². The maximum absolute atomic E-state index is 12.0. The van der Waals surface area contributed by atoms with Crippen LogP contribution >= 0.6 is 0 Å². The van der Waals surface area contributed by atoms with Gasteiger partial charge in [-0.25, -0.2) is 4.98 Å². The number of hydrogen-bond acceptors (Lipinski definition) is 5. The number of nitrogens with one attached hydrogen (secondary N) is 1. The molecule has 0 bridgehead atoms. The number of aromatic nitrogens is 4. The highest BCUT2D eigenvalue weighted by Crippen LogP contribution is 2.42. The normalized spacial score (nSPS) is 20.6. The molecule has 0 aromatic carbocycles. The first kappa shape index (κ1) is 19.8. The van der Waals surface area contributed by atoms with Crippen molar-refractivity contribution in [3.8, 4) is 0 Å². The summed E-state index contributed by atoms with van der Waals surface area (Å²) in [4.78, 5) is 22.9. The van der Waals surface area contributed by atoms with Crippen LogP contribution in [0, 0.1) is 5.92 Å². The molecular formula is C19H31N5O2Si. The molecule has 2 atom stereocenters. The molecule has 3 rings (SSSR count). The Labute approximate surface area is 161 Å². The molecule has 3 N–H and O–H groups in total. The van der Waals surface area contributed by atoms with Crippen LogP contribution in [0.3, 0.4) is 0 Å². The van der Waals surface area contributed by atoms with E-state index in [4.69, 9.17) is 10.2 Å². The van der Waals surface area contributed by atoms with Gasteiger partial charge in [-0.3, -0.25) is 9.78 Å². The van der Waals surface area contributed by atoms with Crippen molar-refractivity contribution >= 4 is 25.4 Å². The number of imidazole rings is 1. The Bertz CT molecular complexity index is 899. The van der Waals surface area contributed by atoms with Gasteiger partial charge >= 0.3 is 0 Å². The van der Waals surface area contributed by atoms with E-state index in [1.54, 1.807) is 6.33 Å². The van der Waals surface area contributed by atoms with Crippen LogP contribution in [0.15, 0.2) is 23.3 Å². The van der Waals surface area contributed by atoms with E-state index in [2.05, 4.69) is 61.0 Å². The Morgan fingerprint density at radius 3 is 2.85 bits per heavy atom. The molecule has 0 fully saturated rings. The standard InChI is InChI=1S/C19H31N5O2Si/c1-6-9-19(2,3)27(4,5)26-11-13-7-8-14(10-13)24-12-21-15-16(24)22-18(20)23-17(15)25/h7-8,12-14H,6,9-11H2,1-5H3,(H3,20,22,23,25)/t13-,14+/m1/s1. The second-order valence-electron chi connectivity index (χ2n) is 8.68. The van der Waals surface area contributed by atoms with Crippen molar-refractivity contribution in [2.75, 3.05) is 12.3 Å². The summed E-state index contributed by atoms with van der Waals surface area (Å²) in [6, 6.07) is 0.116. The molecule has 2 aromatic heterocycles. The highest BCUT2D eigenvalue weighted by molar-refractivity contribution is 6.74. The quantitative estimate of drug-likeness (QED) is 0.556. The monoisotopic (exact) mass is 389 g/mol. The predicted octanol–water partition coefficient (Wildman–Crippen LogP) is 3.62. The summed E-state index contributed by atoms with van der Waals surface area (Å²) in [6.07, 6.45) is 9.33. The first-order valence-corrected chi connectivity index (χ1v) is 12.6. The van der Waals surface area contributed by atoms with Crippen LogP contribution in [-0.4, -0.2) is 34.4 Å². The van der Waals surface area contributed by atoms with E-state index in [1.165, 1.54) is 12.8 Å². The molecular weight excluding hydrogens is 358 g/mol. The first-order valence-electron chi connectivity index (χ1n) is 9.69. The number of anilines is 1. The van der Waals surface area contributed by atoms with Crippen LogP contribution in [-0.2, 0) is 4.43 Å². The molecule has 7 nitrogen and oxygen atoms in total. The Kier molecular flexibility index (Phi) is 5.31. The number of rotatable bonds is 7. The highest BCUT2D eigenvalue weighted by Gasteiger charge is 2.40. The lowest BCUT2D eigenvalue weighted by Crippen LogP contribution is -2.43. The molecule has 0 saturated heterocycles. The molecule has 27 heavy (non-hydrogen) atoms. The van der Waals surface area contributed by atoms with Gasteiger partial charge in [-0.2, -0.15) is 4.98 Å². The molecule has 0 radical (unpaired) electrons. The SMILES string of the molecule is CCCC(C)(C)[Si](C)(C)OC[C@@H]1C=C[C@H](n2cnc3c(=O)[nH]c(N)nc32)C1. The number of nitrogens with zero attached hydrogens (tertiary/aromatic N) is 3. The molecule has 0 saturated carbocycles. The Morgan fingerprint density at radius 1 is 1.41 bits per heavy atom. The van der Waals surface area contributed by atoms with Crippen LogP contribution in [0.4, 0.5) is 5.95 Å². The molecule has 1 aliphatic carbocycles. The lowest BCUT2D eigenvalue weighted by atomic mass is 10.1. The van der Waals surface area contributed by atoms with Gasteiger partial charge in [0.05, 0.1) is 12.4 Å². The minimum atomic E-state index is -1.79. The fraction of sp³-hybridized carbons (Fsp3) is 0.632. The fourth-order valence-electron chi connectivity index (χ4n) is 3.71. The second kappa shape index (κ2) is 7.24. The van der Waals surface area contributed by atoms with Crippen LogP contribution in [0.1, 0.15) is 46.1 Å². The topological polar surface area (TPSA) is 98.8 Å². The fourth-order valence-corrected chi connectivity index (χ4v) is 5.58. The van der Waals surface area contributed by atoms with E-state index in [0.29, 0.717) is 17.1 Å². The molecule has 0 amide bonds. The lowest BCUT2D eigenvalue weighted by Gasteiger charge is -2.40. The van der Waals surface area contributed by atoms with Gasteiger partial charge in [-0.15, -0.1) is 0 Å². The van der Waals surface area contributed by atoms with Crippen molar-refractivity contribution in [2.45, 2.75) is 64.2 Å². The van der Waals surface area contributed by atoms with Gasteiger partial charge in [0.2, 0.25) is 5.95 Å². The van der Waals surface area contributed by atoms with Crippen molar-refractivity contribution in [3.05, 3.63) is 28.8 Å². The molecule has 0 spiro atoms. The average Bonchev–Trinajstić information content (AvgIpc) is 3.19. The molecule has 0 unspecified atom stereocenters. The van der Waals surface area contributed by atoms with Crippen LogP contribution in [0.25, 0.3) is 11.2 Å². The van der Waals surface area contributed by atoms with Gasteiger partial charge in [-0.05, 0) is 31.0 Å². The summed E-state index contributed by atoms with van der Waals surface area (Å²) in [6.45, 7) is 12.3. The highest BCUT2D eigenvalue weighted by atomic mass is 28.4. The maximum Gasteiger partial charge on any atom is 0.280 e. The van der Waals surface area contributed by atoms with E-state index in [-0.39, 0.29) is 22.6 Å². The summed E-state index contributed by atoms with van der Waals surface area (Å²) in [5.74, 6) is 0.470. The van der Waals surface area contributed by atoms with E-state index in [1.807, 2.05) is 4.57 Å². The third-order valence-corrected chi connectivity index (χ3v) is 10.5. The van der Waals surface area contributed by atoms with E-state index in [0.717, 1.165) is 13.0 Å².